The number of nitrogens with zero attached hydrogens (tertiary/aromatic N) is 2. The van der Waals surface area contributed by atoms with Gasteiger partial charge in [-0.25, -0.2) is 8.42 Å². The first-order chi connectivity index (χ1) is 16.4. The average molecular weight is 478 g/mol. The van der Waals surface area contributed by atoms with Gasteiger partial charge in [-0.15, -0.1) is 0 Å². The van der Waals surface area contributed by atoms with Crippen molar-refractivity contribution in [1.29, 1.82) is 0 Å². The molecule has 0 aliphatic carbocycles. The van der Waals surface area contributed by atoms with E-state index < -0.39 is 15.9 Å². The number of carbonyl (C=O) groups excluding carboxylic acids is 1. The zero-order valence-corrected chi connectivity index (χ0v) is 20.2. The van der Waals surface area contributed by atoms with E-state index in [1.165, 1.54) is 9.87 Å². The van der Waals surface area contributed by atoms with Gasteiger partial charge in [-0.3, -0.25) is 4.79 Å². The molecule has 1 saturated heterocycles. The molecule has 1 amide bonds. The molecule has 0 saturated carbocycles. The van der Waals surface area contributed by atoms with Crippen LogP contribution in [0.3, 0.4) is 0 Å². The standard InChI is InChI=1S/C27H31N3O3S/c1-22-9-8-14-25(21-22)29-16-18-30(19-17-29)34(32,33)20-15-28-27(31)26(23-10-4-2-5-11-23)24-12-6-3-7-13-24/h2-14,21,26H,15-20H2,1H3,(H,28,31). The Balaban J connectivity index is 1.34. The Hall–Kier alpha value is -3.16. The number of sulfonamides is 1. The van der Waals surface area contributed by atoms with Crippen LogP contribution < -0.4 is 10.2 Å². The van der Waals surface area contributed by atoms with Gasteiger partial charge >= 0.3 is 0 Å². The Morgan fingerprint density at radius 1 is 0.853 bits per heavy atom. The molecule has 3 aromatic carbocycles. The number of amides is 1. The average Bonchev–Trinajstić information content (AvgIpc) is 2.85. The summed E-state index contributed by atoms with van der Waals surface area (Å²) in [5, 5.41) is 2.86. The molecule has 0 radical (unpaired) electrons. The molecule has 34 heavy (non-hydrogen) atoms. The van der Waals surface area contributed by atoms with Gasteiger partial charge in [0.2, 0.25) is 15.9 Å². The number of anilines is 1. The van der Waals surface area contributed by atoms with Crippen molar-refractivity contribution in [1.82, 2.24) is 9.62 Å². The first-order valence-corrected chi connectivity index (χ1v) is 13.2. The quantitative estimate of drug-likeness (QED) is 0.540. The van der Waals surface area contributed by atoms with Gasteiger partial charge in [0.1, 0.15) is 0 Å². The second-order valence-corrected chi connectivity index (χ2v) is 10.7. The van der Waals surface area contributed by atoms with Gasteiger partial charge in [0.05, 0.1) is 11.7 Å². The molecule has 7 heteroatoms. The van der Waals surface area contributed by atoms with Gasteiger partial charge in [-0.1, -0.05) is 72.8 Å². The van der Waals surface area contributed by atoms with Crippen LogP contribution in [-0.4, -0.2) is 57.1 Å². The summed E-state index contributed by atoms with van der Waals surface area (Å²) in [7, 11) is -3.46. The maximum atomic E-state index is 13.1. The second-order valence-electron chi connectivity index (χ2n) is 8.59. The van der Waals surface area contributed by atoms with Crippen molar-refractivity contribution in [2.24, 2.45) is 0 Å². The molecule has 6 nitrogen and oxygen atoms in total. The highest BCUT2D eigenvalue weighted by Crippen LogP contribution is 2.25. The zero-order valence-electron chi connectivity index (χ0n) is 19.4. The lowest BCUT2D eigenvalue weighted by atomic mass is 9.90. The second kappa shape index (κ2) is 10.8. The fourth-order valence-electron chi connectivity index (χ4n) is 4.37. The van der Waals surface area contributed by atoms with Crippen LogP contribution in [0.5, 0.6) is 0 Å². The van der Waals surface area contributed by atoms with Crippen molar-refractivity contribution in [3.05, 3.63) is 102 Å². The van der Waals surface area contributed by atoms with E-state index in [4.69, 9.17) is 0 Å². The van der Waals surface area contributed by atoms with Crippen molar-refractivity contribution in [2.45, 2.75) is 12.8 Å². The lowest BCUT2D eigenvalue weighted by Crippen LogP contribution is -2.50. The molecule has 1 aliphatic rings. The predicted octanol–water partition coefficient (Wildman–Crippen LogP) is 3.40. The summed E-state index contributed by atoms with van der Waals surface area (Å²) in [6, 6.07) is 27.4. The number of rotatable bonds is 8. The predicted molar refractivity (Wildman–Crippen MR) is 136 cm³/mol. The SMILES string of the molecule is Cc1cccc(N2CCN(S(=O)(=O)CCNC(=O)C(c3ccccc3)c3ccccc3)CC2)c1. The third-order valence-corrected chi connectivity index (χ3v) is 8.06. The molecule has 0 atom stereocenters. The fourth-order valence-corrected chi connectivity index (χ4v) is 5.71. The number of aryl methyl sites for hydroxylation is 1. The minimum absolute atomic E-state index is 0.0788. The summed E-state index contributed by atoms with van der Waals surface area (Å²) in [5.74, 6) is -0.792. The molecule has 178 valence electrons. The van der Waals surface area contributed by atoms with Crippen LogP contribution in [0.2, 0.25) is 0 Å². The maximum absolute atomic E-state index is 13.1. The van der Waals surface area contributed by atoms with Crippen molar-refractivity contribution in [3.8, 4) is 0 Å². The van der Waals surface area contributed by atoms with Gasteiger partial charge in [-0.2, -0.15) is 4.31 Å². The lowest BCUT2D eigenvalue weighted by Gasteiger charge is -2.35. The minimum atomic E-state index is -3.46. The van der Waals surface area contributed by atoms with E-state index in [2.05, 4.69) is 35.3 Å². The van der Waals surface area contributed by atoms with E-state index in [1.807, 2.05) is 66.7 Å². The third-order valence-electron chi connectivity index (χ3n) is 6.19. The first-order valence-electron chi connectivity index (χ1n) is 11.6. The van der Waals surface area contributed by atoms with E-state index in [0.717, 1.165) is 16.8 Å². The number of piperazine rings is 1. The Bertz CT molecular complexity index is 1150. The molecule has 0 unspecified atom stereocenters. The van der Waals surface area contributed by atoms with Crippen LogP contribution in [0.15, 0.2) is 84.9 Å². The monoisotopic (exact) mass is 477 g/mol. The zero-order chi connectivity index (χ0) is 24.0. The van der Waals surface area contributed by atoms with E-state index in [-0.39, 0.29) is 18.2 Å². The maximum Gasteiger partial charge on any atom is 0.232 e. The Morgan fingerprint density at radius 3 is 2.00 bits per heavy atom. The molecule has 3 aromatic rings. The Morgan fingerprint density at radius 2 is 1.44 bits per heavy atom. The van der Waals surface area contributed by atoms with Crippen molar-refractivity contribution >= 4 is 21.6 Å². The molecule has 0 aromatic heterocycles. The van der Waals surface area contributed by atoms with Gasteiger partial charge in [0.15, 0.2) is 0 Å². The van der Waals surface area contributed by atoms with E-state index in [9.17, 15) is 13.2 Å². The van der Waals surface area contributed by atoms with Crippen LogP contribution in [0.25, 0.3) is 0 Å². The van der Waals surface area contributed by atoms with Crippen molar-refractivity contribution in [3.63, 3.8) is 0 Å². The fraction of sp³-hybridized carbons (Fsp3) is 0.296. The van der Waals surface area contributed by atoms with Crippen molar-refractivity contribution < 1.29 is 13.2 Å². The normalized spacial score (nSPS) is 14.8. The molecule has 0 bridgehead atoms. The molecular formula is C27H31N3O3S. The summed E-state index contributed by atoms with van der Waals surface area (Å²) in [6.45, 7) is 4.33. The minimum Gasteiger partial charge on any atom is -0.369 e. The van der Waals surface area contributed by atoms with Gasteiger partial charge in [0, 0.05) is 38.4 Å². The number of hydrogen-bond donors (Lipinski definition) is 1. The highest BCUT2D eigenvalue weighted by Gasteiger charge is 2.28. The molecule has 1 fully saturated rings. The summed E-state index contributed by atoms with van der Waals surface area (Å²) in [5.41, 5.74) is 4.06. The van der Waals surface area contributed by atoms with Gasteiger partial charge < -0.3 is 10.2 Å². The number of benzene rings is 3. The summed E-state index contributed by atoms with van der Waals surface area (Å²) in [4.78, 5) is 15.3. The molecule has 1 heterocycles. The van der Waals surface area contributed by atoms with Crippen LogP contribution in [0, 0.1) is 6.92 Å². The number of hydrogen-bond acceptors (Lipinski definition) is 4. The van der Waals surface area contributed by atoms with E-state index >= 15 is 0 Å². The Kier molecular flexibility index (Phi) is 7.65. The smallest absolute Gasteiger partial charge is 0.232 e. The van der Waals surface area contributed by atoms with Gasteiger partial charge in [-0.05, 0) is 35.7 Å². The molecule has 4 rings (SSSR count). The highest BCUT2D eigenvalue weighted by molar-refractivity contribution is 7.89. The molecule has 1 N–H and O–H groups in total. The van der Waals surface area contributed by atoms with Crippen LogP contribution in [0.4, 0.5) is 5.69 Å². The molecular weight excluding hydrogens is 446 g/mol. The summed E-state index contributed by atoms with van der Waals surface area (Å²) >= 11 is 0. The van der Waals surface area contributed by atoms with E-state index in [0.29, 0.717) is 26.2 Å². The van der Waals surface area contributed by atoms with Gasteiger partial charge in [0.25, 0.3) is 0 Å². The summed E-state index contributed by atoms with van der Waals surface area (Å²) in [6.07, 6.45) is 0. The largest absolute Gasteiger partial charge is 0.369 e. The number of nitrogens with one attached hydrogen (secondary N) is 1. The third kappa shape index (κ3) is 5.85. The summed E-state index contributed by atoms with van der Waals surface area (Å²) < 4.78 is 27.4. The lowest BCUT2D eigenvalue weighted by molar-refractivity contribution is -0.121. The Labute approximate surface area is 202 Å². The first kappa shape index (κ1) is 24.0. The number of carbonyl (C=O) groups is 1. The van der Waals surface area contributed by atoms with Crippen LogP contribution >= 0.6 is 0 Å². The molecule has 1 aliphatic heterocycles. The topological polar surface area (TPSA) is 69.7 Å². The highest BCUT2D eigenvalue weighted by atomic mass is 32.2. The van der Waals surface area contributed by atoms with Crippen molar-refractivity contribution in [2.75, 3.05) is 43.4 Å². The molecule has 0 spiro atoms. The van der Waals surface area contributed by atoms with Crippen LogP contribution in [0.1, 0.15) is 22.6 Å². The van der Waals surface area contributed by atoms with Crippen LogP contribution in [-0.2, 0) is 14.8 Å². The van der Waals surface area contributed by atoms with E-state index in [1.54, 1.807) is 0 Å².